The minimum absolute atomic E-state index is 0.167. The van der Waals surface area contributed by atoms with Gasteiger partial charge in [0.15, 0.2) is 0 Å². The third-order valence-corrected chi connectivity index (χ3v) is 5.29. The summed E-state index contributed by atoms with van der Waals surface area (Å²) in [6.45, 7) is 12.0. The van der Waals surface area contributed by atoms with Crippen LogP contribution in [0, 0.1) is 13.8 Å². The molecule has 0 radical (unpaired) electrons. The molecular weight excluding hydrogens is 414 g/mol. The second-order valence-corrected chi connectivity index (χ2v) is 9.32. The van der Waals surface area contributed by atoms with Gasteiger partial charge >= 0.3 is 6.09 Å². The van der Waals surface area contributed by atoms with E-state index in [1.165, 1.54) is 16.5 Å². The third-order valence-electron chi connectivity index (χ3n) is 5.29. The van der Waals surface area contributed by atoms with Crippen LogP contribution >= 0.6 is 0 Å². The normalized spacial score (nSPS) is 12.0. The van der Waals surface area contributed by atoms with Gasteiger partial charge in [-0.15, -0.1) is 0 Å². The third kappa shape index (κ3) is 6.48. The van der Waals surface area contributed by atoms with Crippen molar-refractivity contribution in [3.05, 3.63) is 64.9 Å². The Balaban J connectivity index is 1.64. The Labute approximate surface area is 195 Å². The van der Waals surface area contributed by atoms with Crippen molar-refractivity contribution in [1.82, 2.24) is 15.6 Å². The van der Waals surface area contributed by atoms with Crippen molar-refractivity contribution in [1.29, 1.82) is 0 Å². The zero-order valence-corrected chi connectivity index (χ0v) is 20.3. The molecule has 1 heterocycles. The van der Waals surface area contributed by atoms with Gasteiger partial charge in [0.1, 0.15) is 5.60 Å². The molecule has 0 aliphatic rings. The summed E-state index contributed by atoms with van der Waals surface area (Å²) in [4.78, 5) is 27.4. The first-order valence-electron chi connectivity index (χ1n) is 11.2. The molecule has 2 amide bonds. The van der Waals surface area contributed by atoms with Gasteiger partial charge in [0.25, 0.3) is 0 Å². The van der Waals surface area contributed by atoms with E-state index in [1.54, 1.807) is 27.7 Å². The Kier molecular flexibility index (Phi) is 7.26. The lowest BCUT2D eigenvalue weighted by Gasteiger charge is -2.19. The summed E-state index contributed by atoms with van der Waals surface area (Å²) in [5.41, 5.74) is 6.80. The Bertz CT molecular complexity index is 1200. The van der Waals surface area contributed by atoms with E-state index in [1.807, 2.05) is 12.3 Å². The smallest absolute Gasteiger partial charge is 0.407 e. The highest BCUT2D eigenvalue weighted by atomic mass is 16.6. The average molecular weight is 448 g/mol. The number of hydrogen-bond donors (Lipinski definition) is 3. The molecule has 3 aromatic rings. The first kappa shape index (κ1) is 24.1. The van der Waals surface area contributed by atoms with Crippen LogP contribution in [0.5, 0.6) is 0 Å². The topological polar surface area (TPSA) is 83.2 Å². The van der Waals surface area contributed by atoms with Gasteiger partial charge in [0.2, 0.25) is 5.91 Å². The predicted octanol–water partition coefficient (Wildman–Crippen LogP) is 5.50. The lowest BCUT2D eigenvalue weighted by molar-refractivity contribution is -0.117. The van der Waals surface area contributed by atoms with E-state index in [0.29, 0.717) is 18.7 Å². The fourth-order valence-electron chi connectivity index (χ4n) is 3.62. The minimum Gasteiger partial charge on any atom is -0.444 e. The van der Waals surface area contributed by atoms with Gasteiger partial charge in [0, 0.05) is 30.4 Å². The van der Waals surface area contributed by atoms with E-state index in [-0.39, 0.29) is 5.91 Å². The van der Waals surface area contributed by atoms with Crippen molar-refractivity contribution in [2.75, 3.05) is 13.1 Å². The molecule has 3 rings (SSSR count). The summed E-state index contributed by atoms with van der Waals surface area (Å²) < 4.78 is 5.18. The van der Waals surface area contributed by atoms with Crippen LogP contribution in [0.15, 0.2) is 48.2 Å². The Morgan fingerprint density at radius 1 is 1.00 bits per heavy atom. The number of H-pyrrole nitrogens is 1. The van der Waals surface area contributed by atoms with E-state index in [4.69, 9.17) is 4.74 Å². The number of benzene rings is 2. The maximum atomic E-state index is 12.5. The molecule has 0 spiro atoms. The largest absolute Gasteiger partial charge is 0.444 e. The highest BCUT2D eigenvalue weighted by Gasteiger charge is 2.15. The first-order chi connectivity index (χ1) is 15.5. The maximum Gasteiger partial charge on any atom is 0.407 e. The summed E-state index contributed by atoms with van der Waals surface area (Å²) in [6.07, 6.45) is 3.35. The molecule has 1 aromatic heterocycles. The molecule has 0 aliphatic heterocycles. The fraction of sp³-hybridized carbons (Fsp3) is 0.333. The number of rotatable bonds is 6. The minimum atomic E-state index is -0.549. The van der Waals surface area contributed by atoms with Crippen LogP contribution in [0.1, 0.15) is 44.4 Å². The molecule has 6 heteroatoms. The van der Waals surface area contributed by atoms with Gasteiger partial charge in [-0.05, 0) is 99.0 Å². The number of nitrogens with one attached hydrogen (secondary N) is 3. The van der Waals surface area contributed by atoms with Crippen LogP contribution in [0.2, 0.25) is 0 Å². The number of ether oxygens (including phenoxy) is 1. The molecule has 0 atom stereocenters. The molecule has 0 bridgehead atoms. The summed E-state index contributed by atoms with van der Waals surface area (Å²) in [7, 11) is 0. The number of amides is 2. The lowest BCUT2D eigenvalue weighted by atomic mass is 9.93. The zero-order chi connectivity index (χ0) is 24.2. The van der Waals surface area contributed by atoms with E-state index in [2.05, 4.69) is 65.9 Å². The molecule has 2 aromatic carbocycles. The fourth-order valence-corrected chi connectivity index (χ4v) is 3.62. The summed E-state index contributed by atoms with van der Waals surface area (Å²) in [5.74, 6) is -0.167. The van der Waals surface area contributed by atoms with Crippen molar-refractivity contribution < 1.29 is 14.3 Å². The average Bonchev–Trinajstić information content (AvgIpc) is 3.20. The van der Waals surface area contributed by atoms with Gasteiger partial charge in [-0.1, -0.05) is 18.2 Å². The number of hydrogen-bond acceptors (Lipinski definition) is 3. The SMILES string of the molecule is C/C(=C\c1cc(C)c(-c2ccc3[nH]ccc3c2)cc1C)C(=O)NCCNC(=O)OC(C)(C)C. The monoisotopic (exact) mass is 447 g/mol. The van der Waals surface area contributed by atoms with Crippen LogP contribution < -0.4 is 10.6 Å². The van der Waals surface area contributed by atoms with Gasteiger partial charge in [0.05, 0.1) is 0 Å². The number of aromatic nitrogens is 1. The van der Waals surface area contributed by atoms with Crippen LogP contribution in [0.4, 0.5) is 4.79 Å². The summed E-state index contributed by atoms with van der Waals surface area (Å²) in [5, 5.41) is 6.64. The molecular formula is C27H33N3O3. The number of aryl methyl sites for hydroxylation is 2. The molecule has 0 saturated heterocycles. The predicted molar refractivity (Wildman–Crippen MR) is 134 cm³/mol. The van der Waals surface area contributed by atoms with E-state index in [0.717, 1.165) is 22.2 Å². The molecule has 33 heavy (non-hydrogen) atoms. The van der Waals surface area contributed by atoms with E-state index < -0.39 is 11.7 Å². The molecule has 174 valence electrons. The molecule has 0 saturated carbocycles. The van der Waals surface area contributed by atoms with Gasteiger partial charge in [-0.3, -0.25) is 4.79 Å². The zero-order valence-electron chi connectivity index (χ0n) is 20.3. The lowest BCUT2D eigenvalue weighted by Crippen LogP contribution is -2.38. The second-order valence-electron chi connectivity index (χ2n) is 9.32. The van der Waals surface area contributed by atoms with Crippen molar-refractivity contribution in [2.45, 2.75) is 47.1 Å². The van der Waals surface area contributed by atoms with Crippen LogP contribution in [0.3, 0.4) is 0 Å². The second kappa shape index (κ2) is 9.94. The number of carbonyl (C=O) groups is 2. The van der Waals surface area contributed by atoms with Crippen molar-refractivity contribution in [3.63, 3.8) is 0 Å². The van der Waals surface area contributed by atoms with Crippen LogP contribution in [-0.4, -0.2) is 35.7 Å². The summed E-state index contributed by atoms with van der Waals surface area (Å²) >= 11 is 0. The highest BCUT2D eigenvalue weighted by Crippen LogP contribution is 2.30. The Morgan fingerprint density at radius 3 is 2.45 bits per heavy atom. The molecule has 0 aliphatic carbocycles. The van der Waals surface area contributed by atoms with Crippen molar-refractivity contribution in [3.8, 4) is 11.1 Å². The van der Waals surface area contributed by atoms with Gasteiger partial charge in [-0.2, -0.15) is 0 Å². The van der Waals surface area contributed by atoms with Crippen LogP contribution in [0.25, 0.3) is 28.1 Å². The maximum absolute atomic E-state index is 12.5. The number of aromatic amines is 1. The standard InChI is InChI=1S/C27H33N3O3/c1-17-15-23(20-7-8-24-21(16-20)9-10-28-24)18(2)13-22(17)14-19(3)25(31)29-11-12-30-26(32)33-27(4,5)6/h7-10,13-16,28H,11-12H2,1-6H3,(H,29,31)(H,30,32)/b19-14+. The Morgan fingerprint density at radius 2 is 1.73 bits per heavy atom. The highest BCUT2D eigenvalue weighted by molar-refractivity contribution is 5.97. The van der Waals surface area contributed by atoms with Gasteiger partial charge < -0.3 is 20.4 Å². The van der Waals surface area contributed by atoms with Crippen molar-refractivity contribution in [2.24, 2.45) is 0 Å². The number of alkyl carbamates (subject to hydrolysis) is 1. The number of carbonyl (C=O) groups excluding carboxylic acids is 2. The van der Waals surface area contributed by atoms with Crippen molar-refractivity contribution >= 4 is 29.0 Å². The molecule has 6 nitrogen and oxygen atoms in total. The van der Waals surface area contributed by atoms with E-state index >= 15 is 0 Å². The Hall–Kier alpha value is -3.54. The molecule has 0 fully saturated rings. The first-order valence-corrected chi connectivity index (χ1v) is 11.2. The summed E-state index contributed by atoms with van der Waals surface area (Å²) in [6, 6.07) is 12.8. The van der Waals surface area contributed by atoms with E-state index in [9.17, 15) is 9.59 Å². The molecule has 0 unspecified atom stereocenters. The van der Waals surface area contributed by atoms with Crippen LogP contribution in [-0.2, 0) is 9.53 Å². The molecule has 3 N–H and O–H groups in total. The quantitative estimate of drug-likeness (QED) is 0.345. The number of fused-ring (bicyclic) bond motifs is 1. The van der Waals surface area contributed by atoms with Gasteiger partial charge in [-0.25, -0.2) is 4.79 Å².